The maximum absolute atomic E-state index is 5.78. The van der Waals surface area contributed by atoms with Gasteiger partial charge in [-0.25, -0.2) is 0 Å². The molecule has 0 aromatic heterocycles. The summed E-state index contributed by atoms with van der Waals surface area (Å²) in [6, 6.07) is 0.494. The summed E-state index contributed by atoms with van der Waals surface area (Å²) in [6.07, 6.45) is 5.42. The summed E-state index contributed by atoms with van der Waals surface area (Å²) in [5.74, 6) is 2.63. The van der Waals surface area contributed by atoms with Gasteiger partial charge in [0.15, 0.2) is 0 Å². The molecular formula is C7H12N. The minimum Gasteiger partial charge on any atom is -0.327 e. The third-order valence-electron chi connectivity index (χ3n) is 2.54. The number of hydrogen-bond acceptors (Lipinski definition) is 1. The van der Waals surface area contributed by atoms with Crippen molar-refractivity contribution in [1.82, 2.24) is 0 Å². The van der Waals surface area contributed by atoms with Crippen LogP contribution in [0.15, 0.2) is 0 Å². The Morgan fingerprint density at radius 1 is 1.50 bits per heavy atom. The largest absolute Gasteiger partial charge is 0.327 e. The second-order valence-electron chi connectivity index (χ2n) is 3.11. The molecule has 2 aliphatic carbocycles. The quantitative estimate of drug-likeness (QED) is 0.496. The summed E-state index contributed by atoms with van der Waals surface area (Å²) in [7, 11) is 0. The van der Waals surface area contributed by atoms with Crippen LogP contribution in [0.4, 0.5) is 0 Å². The van der Waals surface area contributed by atoms with Crippen LogP contribution in [0.5, 0.6) is 0 Å². The predicted molar refractivity (Wildman–Crippen MR) is 33.2 cm³/mol. The molecule has 0 aromatic carbocycles. The maximum Gasteiger partial charge on any atom is 0.0104 e. The van der Waals surface area contributed by atoms with Gasteiger partial charge in [0.1, 0.15) is 0 Å². The van der Waals surface area contributed by atoms with Crippen LogP contribution >= 0.6 is 0 Å². The van der Waals surface area contributed by atoms with Crippen LogP contribution in [-0.4, -0.2) is 6.04 Å². The van der Waals surface area contributed by atoms with Gasteiger partial charge in [-0.3, -0.25) is 0 Å². The molecule has 0 aliphatic heterocycles. The fourth-order valence-electron chi connectivity index (χ4n) is 2.03. The van der Waals surface area contributed by atoms with Crippen LogP contribution in [-0.2, 0) is 0 Å². The van der Waals surface area contributed by atoms with E-state index in [-0.39, 0.29) is 0 Å². The van der Waals surface area contributed by atoms with Crippen LogP contribution in [0.2, 0.25) is 0 Å². The molecule has 1 radical (unpaired) electrons. The van der Waals surface area contributed by atoms with Gasteiger partial charge in [-0.2, -0.15) is 0 Å². The van der Waals surface area contributed by atoms with E-state index < -0.39 is 0 Å². The van der Waals surface area contributed by atoms with E-state index in [0.717, 1.165) is 5.92 Å². The molecule has 1 heteroatoms. The van der Waals surface area contributed by atoms with Gasteiger partial charge in [-0.05, 0) is 37.5 Å². The molecule has 2 N–H and O–H groups in total. The van der Waals surface area contributed by atoms with Crippen molar-refractivity contribution in [3.05, 3.63) is 5.92 Å². The Bertz CT molecular complexity index is 98.6. The van der Waals surface area contributed by atoms with Crippen LogP contribution in [0.25, 0.3) is 0 Å². The second-order valence-corrected chi connectivity index (χ2v) is 3.11. The molecule has 0 unspecified atom stereocenters. The predicted octanol–water partition coefficient (Wildman–Crippen LogP) is 1.09. The van der Waals surface area contributed by atoms with Crippen molar-refractivity contribution < 1.29 is 0 Å². The first-order chi connectivity index (χ1) is 3.86. The van der Waals surface area contributed by atoms with Crippen molar-refractivity contribution in [2.24, 2.45) is 11.7 Å². The maximum atomic E-state index is 5.78. The lowest BCUT2D eigenvalue weighted by atomic mass is 9.96. The molecule has 2 saturated carbocycles. The van der Waals surface area contributed by atoms with Gasteiger partial charge in [0.05, 0.1) is 0 Å². The minimum absolute atomic E-state index is 0.494. The second kappa shape index (κ2) is 1.47. The monoisotopic (exact) mass is 110 g/mol. The number of rotatable bonds is 0. The number of fused-ring (bicyclic) bond motifs is 2. The molecule has 2 atom stereocenters. The first-order valence-electron chi connectivity index (χ1n) is 3.46. The highest BCUT2D eigenvalue weighted by Gasteiger charge is 2.37. The molecule has 0 spiro atoms. The molecular weight excluding hydrogens is 98.1 g/mol. The Morgan fingerprint density at radius 3 is 2.62 bits per heavy atom. The van der Waals surface area contributed by atoms with E-state index in [4.69, 9.17) is 5.73 Å². The SMILES string of the molecule is N[C@H]1C[C@@H]2CC[C]1C2. The highest BCUT2D eigenvalue weighted by Crippen LogP contribution is 2.44. The minimum atomic E-state index is 0.494. The first-order valence-corrected chi connectivity index (χ1v) is 3.46. The van der Waals surface area contributed by atoms with Gasteiger partial charge in [-0.15, -0.1) is 0 Å². The highest BCUT2D eigenvalue weighted by atomic mass is 14.7. The molecule has 8 heavy (non-hydrogen) atoms. The summed E-state index contributed by atoms with van der Waals surface area (Å²) in [5.41, 5.74) is 5.78. The van der Waals surface area contributed by atoms with E-state index >= 15 is 0 Å². The van der Waals surface area contributed by atoms with Crippen molar-refractivity contribution in [3.63, 3.8) is 0 Å². The Hall–Kier alpha value is -0.0400. The zero-order chi connectivity index (χ0) is 5.56. The topological polar surface area (TPSA) is 26.0 Å². The molecule has 0 amide bonds. The van der Waals surface area contributed by atoms with Crippen molar-refractivity contribution >= 4 is 0 Å². The Morgan fingerprint density at radius 2 is 2.38 bits per heavy atom. The van der Waals surface area contributed by atoms with E-state index in [1.165, 1.54) is 25.7 Å². The number of hydrogen-bond donors (Lipinski definition) is 1. The normalized spacial score (nSPS) is 46.1. The Kier molecular flexibility index (Phi) is 0.884. The van der Waals surface area contributed by atoms with Crippen LogP contribution < -0.4 is 5.73 Å². The van der Waals surface area contributed by atoms with Gasteiger partial charge in [0.25, 0.3) is 0 Å². The molecule has 2 aliphatic rings. The van der Waals surface area contributed by atoms with Gasteiger partial charge in [0.2, 0.25) is 0 Å². The molecule has 45 valence electrons. The Balaban J connectivity index is 2.11. The molecule has 0 saturated heterocycles. The lowest BCUT2D eigenvalue weighted by molar-refractivity contribution is 0.490. The average Bonchev–Trinajstić information content (AvgIpc) is 2.23. The molecule has 1 nitrogen and oxygen atoms in total. The molecule has 2 rings (SSSR count). The van der Waals surface area contributed by atoms with Crippen LogP contribution in [0.1, 0.15) is 25.7 Å². The molecule has 2 bridgehead atoms. The fraction of sp³-hybridized carbons (Fsp3) is 0.857. The third-order valence-corrected chi connectivity index (χ3v) is 2.54. The van der Waals surface area contributed by atoms with Crippen molar-refractivity contribution in [2.45, 2.75) is 31.7 Å². The standard InChI is InChI=1S/C7H12N/c8-7-4-5-1-2-6(7)3-5/h5,7H,1-4,8H2/t5-,7+/m1/s1. The van der Waals surface area contributed by atoms with Crippen molar-refractivity contribution in [2.75, 3.05) is 0 Å². The lowest BCUT2D eigenvalue weighted by Gasteiger charge is -2.14. The fourth-order valence-corrected chi connectivity index (χ4v) is 2.03. The number of nitrogens with two attached hydrogens (primary N) is 1. The van der Waals surface area contributed by atoms with E-state index in [1.807, 2.05) is 0 Å². The van der Waals surface area contributed by atoms with E-state index in [1.54, 1.807) is 5.92 Å². The lowest BCUT2D eigenvalue weighted by Crippen LogP contribution is -2.24. The zero-order valence-corrected chi connectivity index (χ0v) is 5.06. The van der Waals surface area contributed by atoms with Crippen LogP contribution in [0, 0.1) is 11.8 Å². The van der Waals surface area contributed by atoms with Gasteiger partial charge >= 0.3 is 0 Å². The van der Waals surface area contributed by atoms with Gasteiger partial charge < -0.3 is 5.73 Å². The molecule has 0 heterocycles. The zero-order valence-electron chi connectivity index (χ0n) is 5.06. The van der Waals surface area contributed by atoms with Crippen LogP contribution in [0.3, 0.4) is 0 Å². The van der Waals surface area contributed by atoms with Gasteiger partial charge in [0, 0.05) is 6.04 Å². The third kappa shape index (κ3) is 0.510. The van der Waals surface area contributed by atoms with Crippen molar-refractivity contribution in [3.8, 4) is 0 Å². The first kappa shape index (κ1) is 4.80. The van der Waals surface area contributed by atoms with E-state index in [9.17, 15) is 0 Å². The van der Waals surface area contributed by atoms with E-state index in [0.29, 0.717) is 6.04 Å². The summed E-state index contributed by atoms with van der Waals surface area (Å²) < 4.78 is 0. The highest BCUT2D eigenvalue weighted by molar-refractivity contribution is 5.12. The Labute approximate surface area is 50.3 Å². The summed E-state index contributed by atoms with van der Waals surface area (Å²) >= 11 is 0. The average molecular weight is 110 g/mol. The summed E-state index contributed by atoms with van der Waals surface area (Å²) in [4.78, 5) is 0. The molecule has 2 fully saturated rings. The smallest absolute Gasteiger partial charge is 0.0104 e. The van der Waals surface area contributed by atoms with Crippen molar-refractivity contribution in [1.29, 1.82) is 0 Å². The summed E-state index contributed by atoms with van der Waals surface area (Å²) in [6.45, 7) is 0. The van der Waals surface area contributed by atoms with Gasteiger partial charge in [-0.1, -0.05) is 0 Å². The summed E-state index contributed by atoms with van der Waals surface area (Å²) in [5, 5.41) is 0. The molecule has 0 aromatic rings. The van der Waals surface area contributed by atoms with E-state index in [2.05, 4.69) is 0 Å².